The fraction of sp³-hybridized carbons (Fsp3) is 0.250. The predicted molar refractivity (Wildman–Crippen MR) is 73.0 cm³/mol. The molecular weight excluding hydrogens is 335 g/mol. The molecule has 0 saturated carbocycles. The highest BCUT2D eigenvalue weighted by molar-refractivity contribution is 5.89. The third-order valence-corrected chi connectivity index (χ3v) is 2.73. The molecule has 1 heterocycles. The van der Waals surface area contributed by atoms with Crippen LogP contribution in [0.4, 0.5) is 29.3 Å². The predicted octanol–water partition coefficient (Wildman–Crippen LogP) is 2.63. The van der Waals surface area contributed by atoms with Crippen molar-refractivity contribution in [3.8, 4) is 0 Å². The SMILES string of the molecule is Cc1nc(CNC(=O)Nc2ccc([N+](=O)[O-])c(C(F)(F)F)c2)no1. The van der Waals surface area contributed by atoms with E-state index in [1.54, 1.807) is 6.92 Å². The van der Waals surface area contributed by atoms with Gasteiger partial charge in [0.05, 0.1) is 11.5 Å². The summed E-state index contributed by atoms with van der Waals surface area (Å²) in [4.78, 5) is 25.0. The van der Waals surface area contributed by atoms with Gasteiger partial charge >= 0.3 is 12.2 Å². The number of anilines is 1. The highest BCUT2D eigenvalue weighted by atomic mass is 19.4. The highest BCUT2D eigenvalue weighted by Gasteiger charge is 2.38. The molecule has 9 nitrogen and oxygen atoms in total. The Balaban J connectivity index is 2.09. The van der Waals surface area contributed by atoms with Crippen molar-refractivity contribution >= 4 is 17.4 Å². The Morgan fingerprint density at radius 1 is 1.42 bits per heavy atom. The molecule has 0 atom stereocenters. The quantitative estimate of drug-likeness (QED) is 0.648. The Hall–Kier alpha value is -3.18. The molecule has 2 N–H and O–H groups in total. The van der Waals surface area contributed by atoms with Gasteiger partial charge in [-0.3, -0.25) is 10.1 Å². The van der Waals surface area contributed by atoms with E-state index in [9.17, 15) is 28.1 Å². The largest absolute Gasteiger partial charge is 0.423 e. The van der Waals surface area contributed by atoms with E-state index in [2.05, 4.69) is 25.3 Å². The molecule has 0 unspecified atom stereocenters. The van der Waals surface area contributed by atoms with Crippen molar-refractivity contribution in [3.63, 3.8) is 0 Å². The van der Waals surface area contributed by atoms with Gasteiger partial charge in [-0.05, 0) is 12.1 Å². The minimum Gasteiger partial charge on any atom is -0.340 e. The molecule has 12 heteroatoms. The second-order valence-corrected chi connectivity index (χ2v) is 4.52. The first kappa shape index (κ1) is 17.2. The van der Waals surface area contributed by atoms with Crippen molar-refractivity contribution in [2.75, 3.05) is 5.32 Å². The fourth-order valence-corrected chi connectivity index (χ4v) is 1.75. The number of aromatic nitrogens is 2. The smallest absolute Gasteiger partial charge is 0.340 e. The molecule has 0 spiro atoms. The molecule has 0 fully saturated rings. The van der Waals surface area contributed by atoms with Gasteiger partial charge in [0, 0.05) is 18.7 Å². The zero-order valence-electron chi connectivity index (χ0n) is 12.0. The number of amides is 2. The van der Waals surface area contributed by atoms with Crippen LogP contribution in [0, 0.1) is 17.0 Å². The molecule has 128 valence electrons. The number of nitrogens with zero attached hydrogens (tertiary/aromatic N) is 3. The molecule has 0 aliphatic carbocycles. The number of carbonyl (C=O) groups excluding carboxylic acids is 1. The van der Waals surface area contributed by atoms with Crippen molar-refractivity contribution in [2.45, 2.75) is 19.6 Å². The van der Waals surface area contributed by atoms with Gasteiger partial charge in [0.25, 0.3) is 5.69 Å². The fourth-order valence-electron chi connectivity index (χ4n) is 1.75. The molecule has 0 radical (unpaired) electrons. The minimum absolute atomic E-state index is 0.109. The maximum atomic E-state index is 12.8. The number of alkyl halides is 3. The molecule has 2 rings (SSSR count). The van der Waals surface area contributed by atoms with Gasteiger partial charge in [0.2, 0.25) is 5.89 Å². The zero-order valence-corrected chi connectivity index (χ0v) is 12.0. The van der Waals surface area contributed by atoms with Gasteiger partial charge in [0.1, 0.15) is 5.56 Å². The molecule has 0 aliphatic rings. The van der Waals surface area contributed by atoms with E-state index in [0.717, 1.165) is 6.07 Å². The molecule has 0 aliphatic heterocycles. The zero-order chi connectivity index (χ0) is 17.9. The Morgan fingerprint density at radius 3 is 2.67 bits per heavy atom. The van der Waals surface area contributed by atoms with Gasteiger partial charge < -0.3 is 15.2 Å². The van der Waals surface area contributed by atoms with Crippen molar-refractivity contribution in [2.24, 2.45) is 0 Å². The second-order valence-electron chi connectivity index (χ2n) is 4.52. The number of nitrogens with one attached hydrogen (secondary N) is 2. The monoisotopic (exact) mass is 345 g/mol. The van der Waals surface area contributed by atoms with E-state index in [4.69, 9.17) is 0 Å². The van der Waals surface area contributed by atoms with Gasteiger partial charge in [-0.2, -0.15) is 18.2 Å². The first-order valence-electron chi connectivity index (χ1n) is 6.36. The maximum absolute atomic E-state index is 12.8. The van der Waals surface area contributed by atoms with E-state index >= 15 is 0 Å². The number of carbonyl (C=O) groups is 1. The summed E-state index contributed by atoms with van der Waals surface area (Å²) in [6.45, 7) is 1.44. The lowest BCUT2D eigenvalue weighted by Gasteiger charge is -2.10. The van der Waals surface area contributed by atoms with Crippen LogP contribution in [0.15, 0.2) is 22.7 Å². The van der Waals surface area contributed by atoms with Gasteiger partial charge in [-0.25, -0.2) is 4.79 Å². The first-order valence-corrected chi connectivity index (χ1v) is 6.36. The Kier molecular flexibility index (Phi) is 4.66. The van der Waals surface area contributed by atoms with E-state index in [1.165, 1.54) is 0 Å². The van der Waals surface area contributed by atoms with Gasteiger partial charge in [-0.1, -0.05) is 5.16 Å². The molecule has 0 bridgehead atoms. The molecule has 24 heavy (non-hydrogen) atoms. The van der Waals surface area contributed by atoms with Crippen LogP contribution in [-0.4, -0.2) is 21.1 Å². The van der Waals surface area contributed by atoms with Crippen LogP contribution in [0.3, 0.4) is 0 Å². The Labute approximate surface area is 132 Å². The summed E-state index contributed by atoms with van der Waals surface area (Å²) in [6.07, 6.45) is -4.93. The standard InChI is InChI=1S/C12H10F3N5O4/c1-6-17-10(19-24-6)5-16-11(21)18-7-2-3-9(20(22)23)8(4-7)12(13,14)15/h2-4H,5H2,1H3,(H2,16,18,21). The van der Waals surface area contributed by atoms with Crippen LogP contribution in [0.1, 0.15) is 17.3 Å². The van der Waals surface area contributed by atoms with Crippen LogP contribution in [0.25, 0.3) is 0 Å². The second kappa shape index (κ2) is 6.52. The van der Waals surface area contributed by atoms with Crippen molar-refractivity contribution in [3.05, 3.63) is 45.6 Å². The number of nitro groups is 1. The lowest BCUT2D eigenvalue weighted by molar-refractivity contribution is -0.388. The summed E-state index contributed by atoms with van der Waals surface area (Å²) in [6, 6.07) is 1.31. The Bertz CT molecular complexity index is 774. The lowest BCUT2D eigenvalue weighted by atomic mass is 10.1. The molecule has 0 saturated heterocycles. The summed E-state index contributed by atoms with van der Waals surface area (Å²) >= 11 is 0. The number of hydrogen-bond donors (Lipinski definition) is 2. The topological polar surface area (TPSA) is 123 Å². The van der Waals surface area contributed by atoms with Crippen molar-refractivity contribution < 1.29 is 27.4 Å². The highest BCUT2D eigenvalue weighted by Crippen LogP contribution is 2.37. The molecule has 2 aromatic rings. The summed E-state index contributed by atoms with van der Waals surface area (Å²) in [5, 5.41) is 18.6. The minimum atomic E-state index is -4.93. The van der Waals surface area contributed by atoms with Crippen LogP contribution in [0.2, 0.25) is 0 Å². The first-order chi connectivity index (χ1) is 11.2. The number of aryl methyl sites for hydroxylation is 1. The maximum Gasteiger partial charge on any atom is 0.423 e. The summed E-state index contributed by atoms with van der Waals surface area (Å²) < 4.78 is 43.2. The number of benzene rings is 1. The van der Waals surface area contributed by atoms with E-state index in [1.807, 2.05) is 0 Å². The Morgan fingerprint density at radius 2 is 2.12 bits per heavy atom. The molecule has 1 aromatic carbocycles. The van der Waals surface area contributed by atoms with E-state index < -0.39 is 28.4 Å². The average molecular weight is 345 g/mol. The van der Waals surface area contributed by atoms with Crippen molar-refractivity contribution in [1.29, 1.82) is 0 Å². The van der Waals surface area contributed by atoms with Gasteiger partial charge in [-0.15, -0.1) is 0 Å². The summed E-state index contributed by atoms with van der Waals surface area (Å²) in [5.41, 5.74) is -2.82. The van der Waals surface area contributed by atoms with Crippen LogP contribution in [0.5, 0.6) is 0 Å². The number of halogens is 3. The number of nitro benzene ring substituents is 1. The third-order valence-electron chi connectivity index (χ3n) is 2.73. The van der Waals surface area contributed by atoms with Crippen molar-refractivity contribution in [1.82, 2.24) is 15.5 Å². The number of hydrogen-bond acceptors (Lipinski definition) is 6. The molecule has 1 aromatic heterocycles. The number of urea groups is 1. The van der Waals surface area contributed by atoms with Crippen LogP contribution in [-0.2, 0) is 12.7 Å². The summed E-state index contributed by atoms with van der Waals surface area (Å²) in [7, 11) is 0. The molecule has 2 amide bonds. The van der Waals surface area contributed by atoms with Crippen LogP contribution < -0.4 is 10.6 Å². The number of rotatable bonds is 4. The molecular formula is C12H10F3N5O4. The van der Waals surface area contributed by atoms with Gasteiger partial charge in [0.15, 0.2) is 5.82 Å². The van der Waals surface area contributed by atoms with E-state index in [-0.39, 0.29) is 23.9 Å². The van der Waals surface area contributed by atoms with E-state index in [0.29, 0.717) is 12.1 Å². The summed E-state index contributed by atoms with van der Waals surface area (Å²) in [5.74, 6) is 0.472. The lowest BCUT2D eigenvalue weighted by Crippen LogP contribution is -2.28. The van der Waals surface area contributed by atoms with Crippen LogP contribution >= 0.6 is 0 Å². The normalized spacial score (nSPS) is 11.2. The third kappa shape index (κ3) is 4.18. The average Bonchev–Trinajstić information content (AvgIpc) is 2.89.